The van der Waals surface area contributed by atoms with Gasteiger partial charge in [-0.05, 0) is 6.07 Å². The van der Waals surface area contributed by atoms with Crippen molar-refractivity contribution < 1.29 is 19.7 Å². The molecular weight excluding hydrogens is 310 g/mol. The maximum Gasteiger partial charge on any atom is 0.368 e. The van der Waals surface area contributed by atoms with Crippen LogP contribution in [-0.2, 0) is 11.2 Å². The molecule has 0 fully saturated rings. The first-order chi connectivity index (χ1) is 10.9. The number of nitro groups is 2. The first-order valence-corrected chi connectivity index (χ1v) is 6.28. The lowest BCUT2D eigenvalue weighted by atomic mass is 10.1. The van der Waals surface area contributed by atoms with Gasteiger partial charge < -0.3 is 15.4 Å². The van der Waals surface area contributed by atoms with E-state index in [0.717, 1.165) is 6.07 Å². The zero-order valence-electron chi connectivity index (χ0n) is 11.5. The summed E-state index contributed by atoms with van der Waals surface area (Å²) in [7, 11) is 0. The van der Waals surface area contributed by atoms with Gasteiger partial charge in [-0.2, -0.15) is 0 Å². The smallest absolute Gasteiger partial charge is 0.368 e. The summed E-state index contributed by atoms with van der Waals surface area (Å²) in [5, 5.41) is 33.7. The summed E-state index contributed by atoms with van der Waals surface area (Å²) in [4.78, 5) is 38.0. The molecule has 0 saturated heterocycles. The van der Waals surface area contributed by atoms with Gasteiger partial charge in [0, 0.05) is 24.4 Å². The fraction of sp³-hybridized carbons (Fsp3) is 0.167. The minimum atomic E-state index is -1.26. The Balaban J connectivity index is 2.36. The minimum Gasteiger partial charge on any atom is -0.480 e. The van der Waals surface area contributed by atoms with Gasteiger partial charge in [0.15, 0.2) is 0 Å². The summed E-state index contributed by atoms with van der Waals surface area (Å²) in [6.07, 6.45) is 2.75. The summed E-state index contributed by atoms with van der Waals surface area (Å²) in [5.74, 6) is -1.26. The number of imidazole rings is 1. The van der Waals surface area contributed by atoms with E-state index >= 15 is 0 Å². The molecule has 23 heavy (non-hydrogen) atoms. The molecule has 3 N–H and O–H groups in total. The lowest BCUT2D eigenvalue weighted by molar-refractivity contribution is -0.421. The van der Waals surface area contributed by atoms with Gasteiger partial charge in [-0.3, -0.25) is 20.2 Å². The van der Waals surface area contributed by atoms with Gasteiger partial charge >= 0.3 is 17.3 Å². The van der Waals surface area contributed by atoms with Gasteiger partial charge in [0.2, 0.25) is 0 Å². The predicted octanol–water partition coefficient (Wildman–Crippen LogP) is 1.33. The van der Waals surface area contributed by atoms with Crippen LogP contribution in [0.2, 0.25) is 0 Å². The number of hydrogen-bond donors (Lipinski definition) is 3. The number of rotatable bonds is 7. The number of carbonyl (C=O) groups is 1. The number of aliphatic carboxylic acids is 1. The standard InChI is InChI=1S/C12H11N5O6/c18-12(19)9(4-7-5-13-6-14-7)15-8-2-1-3-10(16(20)21)11(8)17(22)23/h1-3,5-6,9,15H,4H2,(H,13,14)(H,18,19). The van der Waals surface area contributed by atoms with Gasteiger partial charge in [-0.15, -0.1) is 0 Å². The molecule has 0 aliphatic rings. The van der Waals surface area contributed by atoms with E-state index in [-0.39, 0.29) is 12.1 Å². The predicted molar refractivity (Wildman–Crippen MR) is 77.1 cm³/mol. The highest BCUT2D eigenvalue weighted by molar-refractivity contribution is 5.81. The van der Waals surface area contributed by atoms with Crippen LogP contribution >= 0.6 is 0 Å². The second-order valence-corrected chi connectivity index (χ2v) is 4.50. The molecule has 0 saturated carbocycles. The van der Waals surface area contributed by atoms with Crippen LogP contribution in [0.15, 0.2) is 30.7 Å². The Morgan fingerprint density at radius 3 is 2.61 bits per heavy atom. The van der Waals surface area contributed by atoms with E-state index in [2.05, 4.69) is 15.3 Å². The number of carboxylic acids is 1. The third-order valence-electron chi connectivity index (χ3n) is 3.00. The lowest BCUT2D eigenvalue weighted by Gasteiger charge is -2.14. The zero-order valence-corrected chi connectivity index (χ0v) is 11.5. The maximum absolute atomic E-state index is 11.3. The van der Waals surface area contributed by atoms with Crippen molar-refractivity contribution in [3.63, 3.8) is 0 Å². The fourth-order valence-corrected chi connectivity index (χ4v) is 1.99. The van der Waals surface area contributed by atoms with E-state index in [0.29, 0.717) is 5.69 Å². The van der Waals surface area contributed by atoms with Gasteiger partial charge in [-0.25, -0.2) is 9.78 Å². The van der Waals surface area contributed by atoms with E-state index in [4.69, 9.17) is 0 Å². The third kappa shape index (κ3) is 3.58. The van der Waals surface area contributed by atoms with Crippen LogP contribution in [0.4, 0.5) is 17.1 Å². The van der Waals surface area contributed by atoms with Crippen LogP contribution in [0, 0.1) is 20.2 Å². The Morgan fingerprint density at radius 1 is 1.35 bits per heavy atom. The highest BCUT2D eigenvalue weighted by atomic mass is 16.6. The Labute approximate surface area is 128 Å². The molecule has 2 rings (SSSR count). The number of aromatic nitrogens is 2. The van der Waals surface area contributed by atoms with Crippen molar-refractivity contribution in [2.75, 3.05) is 5.32 Å². The van der Waals surface area contributed by atoms with Gasteiger partial charge in [-0.1, -0.05) is 6.07 Å². The van der Waals surface area contributed by atoms with Gasteiger partial charge in [0.25, 0.3) is 0 Å². The molecule has 11 nitrogen and oxygen atoms in total. The summed E-state index contributed by atoms with van der Waals surface area (Å²) in [6.45, 7) is 0. The van der Waals surface area contributed by atoms with Crippen LogP contribution in [-0.4, -0.2) is 36.9 Å². The number of hydrogen-bond acceptors (Lipinski definition) is 7. The Hall–Kier alpha value is -3.50. The van der Waals surface area contributed by atoms with Crippen LogP contribution in [0.1, 0.15) is 5.69 Å². The first-order valence-electron chi connectivity index (χ1n) is 6.28. The molecule has 11 heteroatoms. The van der Waals surface area contributed by atoms with E-state index in [1.165, 1.54) is 24.7 Å². The Bertz CT molecular complexity index is 744. The topological polar surface area (TPSA) is 164 Å². The first kappa shape index (κ1) is 15.9. The molecule has 0 spiro atoms. The summed E-state index contributed by atoms with van der Waals surface area (Å²) < 4.78 is 0. The van der Waals surface area contributed by atoms with Crippen LogP contribution in [0.3, 0.4) is 0 Å². The average molecular weight is 321 g/mol. The summed E-state index contributed by atoms with van der Waals surface area (Å²) in [5.41, 5.74) is -1.24. The molecule has 0 amide bonds. The molecular formula is C12H11N5O6. The van der Waals surface area contributed by atoms with Crippen molar-refractivity contribution in [3.05, 3.63) is 56.6 Å². The number of nitrogens with zero attached hydrogens (tertiary/aromatic N) is 3. The SMILES string of the molecule is O=C(O)C(Cc1cnc[nH]1)Nc1cccc([N+](=O)[O-])c1[N+](=O)[O-]. The normalized spacial score (nSPS) is 11.7. The molecule has 1 atom stereocenters. The number of nitrogens with one attached hydrogen (secondary N) is 2. The van der Waals surface area contributed by atoms with E-state index < -0.39 is 33.2 Å². The number of benzene rings is 1. The van der Waals surface area contributed by atoms with Gasteiger partial charge in [0.05, 0.1) is 16.2 Å². The molecule has 1 unspecified atom stereocenters. The quantitative estimate of drug-likeness (QED) is 0.507. The molecule has 2 aromatic rings. The number of para-hydroxylation sites is 1. The third-order valence-corrected chi connectivity index (χ3v) is 3.00. The van der Waals surface area contributed by atoms with Crippen molar-refractivity contribution in [3.8, 4) is 0 Å². The highest BCUT2D eigenvalue weighted by Gasteiger charge is 2.30. The number of H-pyrrole nitrogens is 1. The van der Waals surface area contributed by atoms with E-state index in [1.807, 2.05) is 0 Å². The molecule has 0 bridgehead atoms. The van der Waals surface area contributed by atoms with Crippen LogP contribution in [0.5, 0.6) is 0 Å². The van der Waals surface area contributed by atoms with Crippen molar-refractivity contribution in [1.29, 1.82) is 0 Å². The average Bonchev–Trinajstić information content (AvgIpc) is 2.98. The van der Waals surface area contributed by atoms with Crippen LogP contribution < -0.4 is 5.32 Å². The maximum atomic E-state index is 11.3. The molecule has 0 aliphatic carbocycles. The van der Waals surface area contributed by atoms with Crippen molar-refractivity contribution in [1.82, 2.24) is 9.97 Å². The highest BCUT2D eigenvalue weighted by Crippen LogP contribution is 2.34. The van der Waals surface area contributed by atoms with Crippen molar-refractivity contribution in [2.45, 2.75) is 12.5 Å². The number of anilines is 1. The largest absolute Gasteiger partial charge is 0.480 e. The molecule has 0 aliphatic heterocycles. The molecule has 1 aromatic carbocycles. The monoisotopic (exact) mass is 321 g/mol. The Morgan fingerprint density at radius 2 is 2.09 bits per heavy atom. The summed E-state index contributed by atoms with van der Waals surface area (Å²) in [6, 6.07) is 2.21. The Kier molecular flexibility index (Phi) is 4.50. The van der Waals surface area contributed by atoms with Crippen molar-refractivity contribution in [2.24, 2.45) is 0 Å². The number of carboxylic acid groups (broad SMARTS) is 1. The molecule has 0 radical (unpaired) electrons. The number of aromatic amines is 1. The molecule has 120 valence electrons. The summed E-state index contributed by atoms with van der Waals surface area (Å²) >= 11 is 0. The van der Waals surface area contributed by atoms with Gasteiger partial charge in [0.1, 0.15) is 11.7 Å². The second kappa shape index (κ2) is 6.51. The molecule has 1 aromatic heterocycles. The number of nitro benzene ring substituents is 2. The fourth-order valence-electron chi connectivity index (χ4n) is 1.99. The van der Waals surface area contributed by atoms with Crippen LogP contribution in [0.25, 0.3) is 0 Å². The lowest BCUT2D eigenvalue weighted by Crippen LogP contribution is -2.32. The molecule has 1 heterocycles. The zero-order chi connectivity index (χ0) is 17.0. The van der Waals surface area contributed by atoms with E-state index in [1.54, 1.807) is 0 Å². The minimum absolute atomic E-state index is 0.0326. The second-order valence-electron chi connectivity index (χ2n) is 4.50. The van der Waals surface area contributed by atoms with Crippen molar-refractivity contribution >= 4 is 23.0 Å². The van der Waals surface area contributed by atoms with E-state index in [9.17, 15) is 30.1 Å².